The quantitative estimate of drug-likeness (QED) is 0.237. The first-order valence-corrected chi connectivity index (χ1v) is 15.3. The molecule has 308 valence electrons. The van der Waals surface area contributed by atoms with Crippen molar-refractivity contribution < 1.29 is 74.0 Å². The van der Waals surface area contributed by atoms with Gasteiger partial charge in [0.15, 0.2) is 42.4 Å². The maximum absolute atomic E-state index is 12.8. The lowest BCUT2D eigenvalue weighted by atomic mass is 10.4. The van der Waals surface area contributed by atoms with Crippen LogP contribution < -0.4 is 20.4 Å². The number of carbonyl (C=O) groups excluding carboxylic acids is 3. The fraction of sp³-hybridized carbons (Fsp3) is 0.556. The van der Waals surface area contributed by atoms with Crippen LogP contribution in [0.2, 0.25) is 0 Å². The van der Waals surface area contributed by atoms with Crippen LogP contribution in [0, 0.1) is 0 Å². The van der Waals surface area contributed by atoms with E-state index in [2.05, 4.69) is 25.9 Å². The summed E-state index contributed by atoms with van der Waals surface area (Å²) in [7, 11) is 7.28. The molecular weight excluding hydrogens is 775 g/mol. The number of nitrogens with zero attached hydrogens (tertiary/aromatic N) is 10. The summed E-state index contributed by atoms with van der Waals surface area (Å²) >= 11 is 0. The summed E-state index contributed by atoms with van der Waals surface area (Å²) in [5, 5.41) is 44.2. The number of carbonyl (C=O) groups is 3. The van der Waals surface area contributed by atoms with Crippen LogP contribution in [0.3, 0.4) is 0 Å². The molecule has 0 bridgehead atoms. The topological polar surface area (TPSA) is 212 Å². The number of nitrogens with one attached hydrogen (secondary N) is 2. The van der Waals surface area contributed by atoms with Gasteiger partial charge < -0.3 is 25.4 Å². The number of alkyl halides is 9. The van der Waals surface area contributed by atoms with Gasteiger partial charge in [-0.05, 0) is 6.92 Å². The Balaban J connectivity index is 0.000000225. The lowest BCUT2D eigenvalue weighted by Crippen LogP contribution is -2.38. The SMILES string of the molecule is CCOC1C(O)N(c2cc(C(F)(F)F)n(C)n2)C(=O)N1C.CN1C(=O)N(c2cc(C(F)(F)F)n(C)n2)C(O)C1O.CNC(=O)Nc1cc(C(F)(F)F)n(C)n1. The molecule has 0 radical (unpaired) electrons. The molecule has 3 aromatic rings. The first-order valence-electron chi connectivity index (χ1n) is 15.3. The van der Waals surface area contributed by atoms with Crippen molar-refractivity contribution in [2.24, 2.45) is 21.1 Å². The van der Waals surface area contributed by atoms with E-state index in [0.29, 0.717) is 31.1 Å². The second-order valence-corrected chi connectivity index (χ2v) is 11.4. The maximum Gasteiger partial charge on any atom is 0.433 e. The number of amides is 6. The molecule has 0 aromatic carbocycles. The molecular formula is C27H35F9N12O7. The zero-order chi connectivity index (χ0) is 42.1. The van der Waals surface area contributed by atoms with E-state index in [1.54, 1.807) is 6.92 Å². The van der Waals surface area contributed by atoms with E-state index in [0.717, 1.165) is 41.9 Å². The van der Waals surface area contributed by atoms with Gasteiger partial charge in [0.2, 0.25) is 0 Å². The zero-order valence-electron chi connectivity index (χ0n) is 29.6. The molecule has 4 atom stereocenters. The number of hydrogen-bond acceptors (Lipinski definition) is 10. The Labute approximate surface area is 304 Å². The standard InChI is InChI=1S/C11H15F3N4O3.C9H11F3N4O3.C7H9F3N4O/c1-4-21-9-8(19)18(10(20)16(9)2)7-5-6(11(12,13)14)17(3)15-7;1-14-6(17)7(18)16(8(14)19)5-3-4(9(10,11)12)15(2)13-5;1-11-6(15)12-5-3-4(7(8,9)10)14(2)13-5/h5,8-9,19H,4H2,1-3H3;3,6-7,17-18H,1-2H3;3H,1-2H3,(H2,11,12,13,15). The summed E-state index contributed by atoms with van der Waals surface area (Å²) in [5.74, 6) is -0.809. The van der Waals surface area contributed by atoms with Crippen molar-refractivity contribution in [3.05, 3.63) is 35.3 Å². The Morgan fingerprint density at radius 3 is 1.44 bits per heavy atom. The van der Waals surface area contributed by atoms with Gasteiger partial charge in [-0.3, -0.25) is 29.2 Å². The van der Waals surface area contributed by atoms with Crippen LogP contribution in [0.15, 0.2) is 18.2 Å². The van der Waals surface area contributed by atoms with Crippen LogP contribution in [0.5, 0.6) is 0 Å². The Morgan fingerprint density at radius 1 is 0.691 bits per heavy atom. The van der Waals surface area contributed by atoms with E-state index in [4.69, 9.17) is 4.74 Å². The molecule has 2 aliphatic rings. The first kappa shape index (κ1) is 44.0. The predicted molar refractivity (Wildman–Crippen MR) is 167 cm³/mol. The molecule has 0 spiro atoms. The van der Waals surface area contributed by atoms with E-state index < -0.39 is 78.6 Å². The van der Waals surface area contributed by atoms with Crippen molar-refractivity contribution >= 4 is 35.5 Å². The molecule has 6 amide bonds. The highest BCUT2D eigenvalue weighted by Gasteiger charge is 2.48. The average Bonchev–Trinajstić information content (AvgIpc) is 3.84. The third kappa shape index (κ3) is 9.49. The van der Waals surface area contributed by atoms with Crippen LogP contribution in [-0.2, 0) is 44.4 Å². The number of ether oxygens (including phenoxy) is 1. The van der Waals surface area contributed by atoms with Gasteiger partial charge in [0.25, 0.3) is 0 Å². The lowest BCUT2D eigenvalue weighted by Gasteiger charge is -2.20. The Morgan fingerprint density at radius 2 is 1.09 bits per heavy atom. The predicted octanol–water partition coefficient (Wildman–Crippen LogP) is 2.13. The molecule has 0 aliphatic carbocycles. The maximum atomic E-state index is 12.8. The normalized spacial score (nSPS) is 20.4. The summed E-state index contributed by atoms with van der Waals surface area (Å²) in [5.41, 5.74) is -3.00. The zero-order valence-corrected chi connectivity index (χ0v) is 29.6. The van der Waals surface area contributed by atoms with Crippen molar-refractivity contribution in [3.8, 4) is 0 Å². The van der Waals surface area contributed by atoms with Crippen molar-refractivity contribution in [2.75, 3.05) is 42.9 Å². The number of rotatable bonds is 5. The molecule has 2 saturated heterocycles. The molecule has 5 N–H and O–H groups in total. The van der Waals surface area contributed by atoms with Gasteiger partial charge >= 0.3 is 36.6 Å². The molecule has 28 heteroatoms. The van der Waals surface area contributed by atoms with Crippen molar-refractivity contribution in [3.63, 3.8) is 0 Å². The number of urea groups is 3. The lowest BCUT2D eigenvalue weighted by molar-refractivity contribution is -0.144. The number of likely N-dealkylation sites (N-methyl/N-ethyl adjacent to an activating group) is 2. The Kier molecular flexibility index (Phi) is 13.0. The van der Waals surface area contributed by atoms with Crippen molar-refractivity contribution in [2.45, 2.75) is 50.4 Å². The Hall–Kier alpha value is -5.35. The number of aromatic nitrogens is 6. The van der Waals surface area contributed by atoms with E-state index in [9.17, 15) is 69.2 Å². The molecule has 5 rings (SSSR count). The van der Waals surface area contributed by atoms with Gasteiger partial charge in [0, 0.05) is 67.1 Å². The molecule has 19 nitrogen and oxygen atoms in total. The number of aliphatic hydroxyl groups excluding tert-OH is 3. The van der Waals surface area contributed by atoms with Crippen LogP contribution in [0.1, 0.15) is 24.0 Å². The highest BCUT2D eigenvalue weighted by molar-refractivity contribution is 5.94. The fourth-order valence-corrected chi connectivity index (χ4v) is 4.93. The van der Waals surface area contributed by atoms with E-state index in [-0.39, 0.29) is 24.1 Å². The molecule has 3 aromatic heterocycles. The van der Waals surface area contributed by atoms with Gasteiger partial charge in [-0.2, -0.15) is 54.8 Å². The number of halogens is 9. The van der Waals surface area contributed by atoms with Crippen LogP contribution >= 0.6 is 0 Å². The summed E-state index contributed by atoms with van der Waals surface area (Å²) in [6, 6.07) is -0.0488. The smallest absolute Gasteiger partial charge is 0.369 e. The number of aryl methyl sites for hydroxylation is 3. The number of hydrogen-bond donors (Lipinski definition) is 5. The minimum atomic E-state index is -4.63. The Bertz CT molecular complexity index is 1840. The van der Waals surface area contributed by atoms with E-state index in [1.165, 1.54) is 21.1 Å². The minimum Gasteiger partial charge on any atom is -0.369 e. The molecule has 5 heterocycles. The third-order valence-electron chi connectivity index (χ3n) is 7.63. The number of aliphatic hydroxyl groups is 3. The fourth-order valence-electron chi connectivity index (χ4n) is 4.93. The van der Waals surface area contributed by atoms with Crippen molar-refractivity contribution in [1.29, 1.82) is 0 Å². The second-order valence-electron chi connectivity index (χ2n) is 11.4. The summed E-state index contributed by atoms with van der Waals surface area (Å²) in [6.45, 7) is 1.92. The van der Waals surface area contributed by atoms with Gasteiger partial charge in [-0.1, -0.05) is 0 Å². The average molecular weight is 811 g/mol. The van der Waals surface area contributed by atoms with Gasteiger partial charge in [-0.15, -0.1) is 0 Å². The first-order chi connectivity index (χ1) is 25.2. The summed E-state index contributed by atoms with van der Waals surface area (Å²) in [6.07, 6.45) is -19.3. The largest absolute Gasteiger partial charge is 0.433 e. The molecule has 4 unspecified atom stereocenters. The van der Waals surface area contributed by atoms with E-state index in [1.807, 2.05) is 0 Å². The van der Waals surface area contributed by atoms with Gasteiger partial charge in [-0.25, -0.2) is 24.2 Å². The number of anilines is 3. The third-order valence-corrected chi connectivity index (χ3v) is 7.63. The molecule has 55 heavy (non-hydrogen) atoms. The van der Waals surface area contributed by atoms with Crippen LogP contribution in [0.4, 0.5) is 71.4 Å². The van der Waals surface area contributed by atoms with E-state index >= 15 is 0 Å². The van der Waals surface area contributed by atoms with Crippen LogP contribution in [-0.4, -0.2) is 125 Å². The van der Waals surface area contributed by atoms with Gasteiger partial charge in [0.05, 0.1) is 0 Å². The summed E-state index contributed by atoms with van der Waals surface area (Å²) < 4.78 is 120. The molecule has 2 fully saturated rings. The molecule has 2 aliphatic heterocycles. The van der Waals surface area contributed by atoms with Crippen molar-refractivity contribution in [1.82, 2.24) is 44.5 Å². The minimum absolute atomic E-state index is 0.149. The highest BCUT2D eigenvalue weighted by atomic mass is 19.4. The van der Waals surface area contributed by atoms with Crippen LogP contribution in [0.25, 0.3) is 0 Å². The monoisotopic (exact) mass is 810 g/mol. The second kappa shape index (κ2) is 16.2. The highest BCUT2D eigenvalue weighted by Crippen LogP contribution is 2.35. The summed E-state index contributed by atoms with van der Waals surface area (Å²) in [4.78, 5) is 37.8. The van der Waals surface area contributed by atoms with Gasteiger partial charge in [0.1, 0.15) is 17.1 Å². The molecule has 0 saturated carbocycles.